The van der Waals surface area contributed by atoms with Gasteiger partial charge in [0, 0.05) is 24.6 Å². The SMILES string of the molecule is COc1ccc([C@@H]2CN[C@H](C(=O)N3CCC[C@H]3C#N)C2)c(OC)c1OC.Cl. The van der Waals surface area contributed by atoms with E-state index in [0.29, 0.717) is 36.8 Å². The number of hydrogen-bond acceptors (Lipinski definition) is 6. The van der Waals surface area contributed by atoms with E-state index in [2.05, 4.69) is 11.4 Å². The standard InChI is InChI=1S/C19H25N3O4.ClH/c1-24-16-7-6-14(17(25-2)18(16)26-3)12-9-15(21-11-12)19(23)22-8-4-5-13(22)10-20;/h6-7,12-13,15,21H,4-5,8-9,11H2,1-3H3;1H/t12-,13-,15-;/m0./s1. The van der Waals surface area contributed by atoms with Crippen molar-refractivity contribution in [1.82, 2.24) is 10.2 Å². The van der Waals surface area contributed by atoms with Gasteiger partial charge in [0.2, 0.25) is 11.7 Å². The minimum Gasteiger partial charge on any atom is -0.493 e. The molecule has 0 aromatic heterocycles. The zero-order chi connectivity index (χ0) is 18.7. The molecule has 2 aliphatic heterocycles. The van der Waals surface area contributed by atoms with Crippen LogP contribution in [0.25, 0.3) is 0 Å². The highest BCUT2D eigenvalue weighted by molar-refractivity contribution is 5.85. The van der Waals surface area contributed by atoms with E-state index >= 15 is 0 Å². The van der Waals surface area contributed by atoms with Crippen LogP contribution in [0.3, 0.4) is 0 Å². The van der Waals surface area contributed by atoms with Gasteiger partial charge in [0.05, 0.1) is 33.4 Å². The van der Waals surface area contributed by atoms with Crippen LogP contribution in [0.5, 0.6) is 17.2 Å². The molecular formula is C19H26ClN3O4. The number of nitrogens with zero attached hydrogens (tertiary/aromatic N) is 2. The third-order valence-corrected chi connectivity index (χ3v) is 5.29. The molecule has 0 aliphatic carbocycles. The molecule has 2 saturated heterocycles. The lowest BCUT2D eigenvalue weighted by molar-refractivity contribution is -0.133. The van der Waals surface area contributed by atoms with Crippen LogP contribution in [0.2, 0.25) is 0 Å². The number of likely N-dealkylation sites (tertiary alicyclic amines) is 1. The molecular weight excluding hydrogens is 370 g/mol. The van der Waals surface area contributed by atoms with E-state index in [9.17, 15) is 10.1 Å². The predicted octanol–water partition coefficient (Wildman–Crippen LogP) is 2.09. The molecule has 3 rings (SSSR count). The lowest BCUT2D eigenvalue weighted by Crippen LogP contribution is -2.45. The number of methoxy groups -OCH3 is 3. The summed E-state index contributed by atoms with van der Waals surface area (Å²) in [7, 11) is 4.77. The van der Waals surface area contributed by atoms with E-state index in [4.69, 9.17) is 14.2 Å². The van der Waals surface area contributed by atoms with Gasteiger partial charge < -0.3 is 24.4 Å². The Labute approximate surface area is 166 Å². The number of carbonyl (C=O) groups excluding carboxylic acids is 1. The maximum absolute atomic E-state index is 12.8. The van der Waals surface area contributed by atoms with Crippen molar-refractivity contribution in [2.75, 3.05) is 34.4 Å². The molecule has 0 radical (unpaired) electrons. The van der Waals surface area contributed by atoms with Crippen LogP contribution in [0, 0.1) is 11.3 Å². The maximum Gasteiger partial charge on any atom is 0.240 e. The molecule has 2 aliphatic rings. The maximum atomic E-state index is 12.8. The van der Waals surface area contributed by atoms with Crippen molar-refractivity contribution in [3.63, 3.8) is 0 Å². The number of benzene rings is 1. The molecule has 0 unspecified atom stereocenters. The normalized spacial score (nSPS) is 24.1. The highest BCUT2D eigenvalue weighted by Gasteiger charge is 2.38. The number of amides is 1. The zero-order valence-corrected chi connectivity index (χ0v) is 16.7. The minimum absolute atomic E-state index is 0. The Bertz CT molecular complexity index is 722. The second-order valence-electron chi connectivity index (χ2n) is 6.64. The van der Waals surface area contributed by atoms with Crippen LogP contribution in [0.1, 0.15) is 30.7 Å². The van der Waals surface area contributed by atoms with Gasteiger partial charge in [0.15, 0.2) is 11.5 Å². The smallest absolute Gasteiger partial charge is 0.240 e. The van der Waals surface area contributed by atoms with Gasteiger partial charge in [-0.25, -0.2) is 0 Å². The van der Waals surface area contributed by atoms with Crippen LogP contribution in [0.4, 0.5) is 0 Å². The van der Waals surface area contributed by atoms with Crippen molar-refractivity contribution in [2.24, 2.45) is 0 Å². The summed E-state index contributed by atoms with van der Waals surface area (Å²) in [6, 6.07) is 5.49. The summed E-state index contributed by atoms with van der Waals surface area (Å²) in [6.07, 6.45) is 2.32. The fourth-order valence-electron chi connectivity index (χ4n) is 3.97. The topological polar surface area (TPSA) is 83.8 Å². The second kappa shape index (κ2) is 9.16. The number of halogens is 1. The Kier molecular flexibility index (Phi) is 7.17. The van der Waals surface area contributed by atoms with E-state index < -0.39 is 0 Å². The number of carbonyl (C=O) groups is 1. The summed E-state index contributed by atoms with van der Waals surface area (Å²) in [5.41, 5.74) is 0.992. The first-order valence-electron chi connectivity index (χ1n) is 8.86. The average molecular weight is 396 g/mol. The monoisotopic (exact) mass is 395 g/mol. The lowest BCUT2D eigenvalue weighted by atomic mass is 9.94. The Balaban J connectivity index is 0.00000261. The highest BCUT2D eigenvalue weighted by Crippen LogP contribution is 2.44. The van der Waals surface area contributed by atoms with Gasteiger partial charge in [-0.15, -0.1) is 12.4 Å². The number of rotatable bonds is 5. The van der Waals surface area contributed by atoms with E-state index in [0.717, 1.165) is 18.4 Å². The van der Waals surface area contributed by atoms with E-state index in [-0.39, 0.29) is 36.3 Å². The van der Waals surface area contributed by atoms with Crippen molar-refractivity contribution in [3.8, 4) is 23.3 Å². The Morgan fingerprint density at radius 2 is 1.96 bits per heavy atom. The molecule has 0 spiro atoms. The van der Waals surface area contributed by atoms with Crippen LogP contribution in [-0.4, -0.2) is 57.3 Å². The lowest BCUT2D eigenvalue weighted by Gasteiger charge is -2.23. The van der Waals surface area contributed by atoms with Crippen LogP contribution < -0.4 is 19.5 Å². The summed E-state index contributed by atoms with van der Waals surface area (Å²) in [4.78, 5) is 14.5. The van der Waals surface area contributed by atoms with E-state index in [1.54, 1.807) is 26.2 Å². The summed E-state index contributed by atoms with van der Waals surface area (Å²) in [5, 5.41) is 12.5. The second-order valence-corrected chi connectivity index (χ2v) is 6.64. The zero-order valence-electron chi connectivity index (χ0n) is 15.9. The van der Waals surface area contributed by atoms with Gasteiger partial charge in [0.1, 0.15) is 6.04 Å². The third kappa shape index (κ3) is 3.92. The highest BCUT2D eigenvalue weighted by atomic mass is 35.5. The van der Waals surface area contributed by atoms with Crippen molar-refractivity contribution < 1.29 is 19.0 Å². The molecule has 8 heteroatoms. The molecule has 1 N–H and O–H groups in total. The van der Waals surface area contributed by atoms with Gasteiger partial charge in [-0.2, -0.15) is 5.26 Å². The van der Waals surface area contributed by atoms with Crippen molar-refractivity contribution in [2.45, 2.75) is 37.3 Å². The third-order valence-electron chi connectivity index (χ3n) is 5.29. The number of nitrogens with one attached hydrogen (secondary N) is 1. The van der Waals surface area contributed by atoms with Gasteiger partial charge in [-0.1, -0.05) is 6.07 Å². The first-order chi connectivity index (χ1) is 12.6. The summed E-state index contributed by atoms with van der Waals surface area (Å²) in [5.74, 6) is 1.97. The van der Waals surface area contributed by atoms with Crippen molar-refractivity contribution in [3.05, 3.63) is 17.7 Å². The number of ether oxygens (including phenoxy) is 3. The van der Waals surface area contributed by atoms with Crippen molar-refractivity contribution in [1.29, 1.82) is 5.26 Å². The Morgan fingerprint density at radius 1 is 1.22 bits per heavy atom. The Morgan fingerprint density at radius 3 is 2.59 bits per heavy atom. The van der Waals surface area contributed by atoms with Gasteiger partial charge in [-0.3, -0.25) is 4.79 Å². The predicted molar refractivity (Wildman–Crippen MR) is 103 cm³/mol. The van der Waals surface area contributed by atoms with E-state index in [1.165, 1.54) is 0 Å². The molecule has 2 heterocycles. The van der Waals surface area contributed by atoms with Gasteiger partial charge in [-0.05, 0) is 25.3 Å². The first kappa shape index (κ1) is 21.1. The summed E-state index contributed by atoms with van der Waals surface area (Å²) in [6.45, 7) is 1.34. The summed E-state index contributed by atoms with van der Waals surface area (Å²) >= 11 is 0. The number of hydrogen-bond donors (Lipinski definition) is 1. The summed E-state index contributed by atoms with van der Waals surface area (Å²) < 4.78 is 16.4. The van der Waals surface area contributed by atoms with Crippen LogP contribution in [0.15, 0.2) is 12.1 Å². The molecule has 1 aromatic carbocycles. The Hall–Kier alpha value is -2.17. The molecule has 0 bridgehead atoms. The van der Waals surface area contributed by atoms with E-state index in [1.807, 2.05) is 12.1 Å². The average Bonchev–Trinajstić information content (AvgIpc) is 3.35. The molecule has 2 fully saturated rings. The largest absolute Gasteiger partial charge is 0.493 e. The number of nitriles is 1. The van der Waals surface area contributed by atoms with Gasteiger partial charge >= 0.3 is 0 Å². The fraction of sp³-hybridized carbons (Fsp3) is 0.579. The van der Waals surface area contributed by atoms with Crippen molar-refractivity contribution >= 4 is 18.3 Å². The molecule has 148 valence electrons. The van der Waals surface area contributed by atoms with Gasteiger partial charge in [0.25, 0.3) is 0 Å². The molecule has 0 saturated carbocycles. The van der Waals surface area contributed by atoms with Crippen LogP contribution >= 0.6 is 12.4 Å². The minimum atomic E-state index is -0.293. The first-order valence-corrected chi connectivity index (χ1v) is 8.86. The molecule has 1 aromatic rings. The molecule has 7 nitrogen and oxygen atoms in total. The molecule has 1 amide bonds. The molecule has 3 atom stereocenters. The quantitative estimate of drug-likeness (QED) is 0.821. The van der Waals surface area contributed by atoms with Crippen LogP contribution in [-0.2, 0) is 4.79 Å². The molecule has 27 heavy (non-hydrogen) atoms. The fourth-order valence-corrected chi connectivity index (χ4v) is 3.97.